The molecule has 0 heterocycles. The second-order valence-corrected chi connectivity index (χ2v) is 7.03. The minimum Gasteiger partial charge on any atom is -0.483 e. The van der Waals surface area contributed by atoms with Gasteiger partial charge in [0.25, 0.3) is 5.91 Å². The van der Waals surface area contributed by atoms with Crippen molar-refractivity contribution >= 4 is 30.7 Å². The van der Waals surface area contributed by atoms with Gasteiger partial charge in [-0.15, -0.1) is 24.8 Å². The van der Waals surface area contributed by atoms with Crippen molar-refractivity contribution in [2.75, 3.05) is 33.8 Å². The van der Waals surface area contributed by atoms with Gasteiger partial charge in [0.1, 0.15) is 5.75 Å². The topological polar surface area (TPSA) is 53.6 Å². The van der Waals surface area contributed by atoms with Gasteiger partial charge in [0, 0.05) is 17.6 Å². The lowest BCUT2D eigenvalue weighted by atomic mass is 10.1. The maximum absolute atomic E-state index is 11.8. The first-order valence-electron chi connectivity index (χ1n) is 8.15. The van der Waals surface area contributed by atoms with Crippen molar-refractivity contribution in [2.24, 2.45) is 0 Å². The van der Waals surface area contributed by atoms with E-state index in [0.29, 0.717) is 0 Å². The molecule has 1 aromatic carbocycles. The molecule has 1 rings (SSSR count). The van der Waals surface area contributed by atoms with Crippen LogP contribution in [0, 0.1) is 0 Å². The number of ether oxygens (including phenoxy) is 1. The number of nitrogens with one attached hydrogen (secondary N) is 2. The summed E-state index contributed by atoms with van der Waals surface area (Å²) in [6, 6.07) is 7.84. The normalized spacial score (nSPS) is 10.6. The zero-order valence-corrected chi connectivity index (χ0v) is 17.6. The molecule has 2 N–H and O–H groups in total. The Morgan fingerprint density at radius 2 is 1.80 bits per heavy atom. The smallest absolute Gasteiger partial charge is 0.258 e. The van der Waals surface area contributed by atoms with E-state index in [1.165, 1.54) is 0 Å². The molecule has 0 unspecified atom stereocenters. The molecule has 0 bridgehead atoms. The van der Waals surface area contributed by atoms with Gasteiger partial charge < -0.3 is 20.3 Å². The molecular weight excluding hydrogens is 361 g/mol. The molecule has 0 atom stereocenters. The van der Waals surface area contributed by atoms with Crippen LogP contribution in [0.25, 0.3) is 0 Å². The quantitative estimate of drug-likeness (QED) is 0.633. The molecule has 5 nitrogen and oxygen atoms in total. The summed E-state index contributed by atoms with van der Waals surface area (Å²) < 4.78 is 5.68. The standard InChI is InChI=1S/C18H31N3O2.2ClH/c1-18(2,3)20-17(22)14-23-16-10-7-6-9-15(16)13-19-11-8-12-21(4)5;;/h6-7,9-10,19H,8,11-14H2,1-5H3,(H,20,22);2*1H. The van der Waals surface area contributed by atoms with Gasteiger partial charge >= 0.3 is 0 Å². The van der Waals surface area contributed by atoms with Crippen molar-refractivity contribution in [3.63, 3.8) is 0 Å². The van der Waals surface area contributed by atoms with Crippen molar-refractivity contribution in [3.8, 4) is 5.75 Å². The minimum atomic E-state index is -0.242. The highest BCUT2D eigenvalue weighted by atomic mass is 35.5. The number of hydrogen-bond donors (Lipinski definition) is 2. The van der Waals surface area contributed by atoms with Crippen LogP contribution < -0.4 is 15.4 Å². The number of amides is 1. The average Bonchev–Trinajstić information content (AvgIpc) is 2.43. The fourth-order valence-electron chi connectivity index (χ4n) is 2.13. The second-order valence-electron chi connectivity index (χ2n) is 7.03. The number of halogens is 2. The number of benzene rings is 1. The molecule has 0 aliphatic heterocycles. The summed E-state index contributed by atoms with van der Waals surface area (Å²) in [6.07, 6.45) is 1.10. The number of hydrogen-bond acceptors (Lipinski definition) is 4. The summed E-state index contributed by atoms with van der Waals surface area (Å²) in [5.41, 5.74) is 0.828. The van der Waals surface area contributed by atoms with Crippen LogP contribution in [0.5, 0.6) is 5.75 Å². The number of carbonyl (C=O) groups is 1. The largest absolute Gasteiger partial charge is 0.483 e. The van der Waals surface area contributed by atoms with Gasteiger partial charge in [0.15, 0.2) is 6.61 Å². The number of nitrogens with zero attached hydrogens (tertiary/aromatic N) is 1. The second kappa shape index (κ2) is 13.2. The predicted molar refractivity (Wildman–Crippen MR) is 109 cm³/mol. The number of rotatable bonds is 9. The van der Waals surface area contributed by atoms with Crippen molar-refractivity contribution in [1.29, 1.82) is 0 Å². The predicted octanol–water partition coefficient (Wildman–Crippen LogP) is 2.87. The first-order chi connectivity index (χ1) is 10.8. The lowest BCUT2D eigenvalue weighted by Crippen LogP contribution is -2.43. The SMILES string of the molecule is CN(C)CCCNCc1ccccc1OCC(=O)NC(C)(C)C.Cl.Cl. The van der Waals surface area contributed by atoms with Crippen LogP contribution in [-0.2, 0) is 11.3 Å². The van der Waals surface area contributed by atoms with Gasteiger partial charge in [-0.25, -0.2) is 0 Å². The van der Waals surface area contributed by atoms with Gasteiger partial charge in [0.2, 0.25) is 0 Å². The third kappa shape index (κ3) is 12.9. The summed E-state index contributed by atoms with van der Waals surface area (Å²) in [7, 11) is 4.15. The molecule has 25 heavy (non-hydrogen) atoms. The Morgan fingerprint density at radius 1 is 1.16 bits per heavy atom. The van der Waals surface area contributed by atoms with E-state index in [4.69, 9.17) is 4.74 Å². The highest BCUT2D eigenvalue weighted by molar-refractivity contribution is 5.85. The molecule has 0 spiro atoms. The Labute approximate surface area is 164 Å². The molecule has 146 valence electrons. The van der Waals surface area contributed by atoms with E-state index in [2.05, 4.69) is 29.6 Å². The summed E-state index contributed by atoms with van der Waals surface area (Å²) in [5.74, 6) is 0.655. The van der Waals surface area contributed by atoms with Crippen LogP contribution in [0.1, 0.15) is 32.8 Å². The van der Waals surface area contributed by atoms with Crippen molar-refractivity contribution < 1.29 is 9.53 Å². The summed E-state index contributed by atoms with van der Waals surface area (Å²) in [5, 5.41) is 6.31. The van der Waals surface area contributed by atoms with Gasteiger partial charge in [-0.3, -0.25) is 4.79 Å². The molecular formula is C18H33Cl2N3O2. The third-order valence-electron chi connectivity index (χ3n) is 3.12. The van der Waals surface area contributed by atoms with Gasteiger partial charge in [-0.1, -0.05) is 18.2 Å². The fourth-order valence-corrected chi connectivity index (χ4v) is 2.13. The first kappa shape index (κ1) is 26.2. The van der Waals surface area contributed by atoms with Crippen molar-refractivity contribution in [2.45, 2.75) is 39.3 Å². The van der Waals surface area contributed by atoms with E-state index in [9.17, 15) is 4.79 Å². The Kier molecular flexibility index (Phi) is 13.9. The maximum Gasteiger partial charge on any atom is 0.258 e. The van der Waals surface area contributed by atoms with E-state index in [1.54, 1.807) is 0 Å². The van der Waals surface area contributed by atoms with E-state index < -0.39 is 0 Å². The zero-order valence-electron chi connectivity index (χ0n) is 15.9. The van der Waals surface area contributed by atoms with Crippen molar-refractivity contribution in [1.82, 2.24) is 15.5 Å². The summed E-state index contributed by atoms with van der Waals surface area (Å²) in [6.45, 7) is 8.66. The van der Waals surface area contributed by atoms with Crippen LogP contribution >= 0.6 is 24.8 Å². The number of carbonyl (C=O) groups excluding carboxylic acids is 1. The van der Waals surface area contributed by atoms with E-state index >= 15 is 0 Å². The number of para-hydroxylation sites is 1. The first-order valence-corrected chi connectivity index (χ1v) is 8.15. The molecule has 0 aliphatic carbocycles. The lowest BCUT2D eigenvalue weighted by Gasteiger charge is -2.21. The molecule has 1 aromatic rings. The Bertz CT molecular complexity index is 491. The van der Waals surface area contributed by atoms with Gasteiger partial charge in [-0.05, 0) is 60.4 Å². The summed E-state index contributed by atoms with van der Waals surface area (Å²) in [4.78, 5) is 14.0. The fraction of sp³-hybridized carbons (Fsp3) is 0.611. The van der Waals surface area contributed by atoms with Gasteiger partial charge in [0.05, 0.1) is 0 Å². The van der Waals surface area contributed by atoms with Gasteiger partial charge in [-0.2, -0.15) is 0 Å². The van der Waals surface area contributed by atoms with Crippen LogP contribution in [-0.4, -0.2) is 50.1 Å². The zero-order chi connectivity index (χ0) is 17.3. The Balaban J connectivity index is 0. The highest BCUT2D eigenvalue weighted by Gasteiger charge is 2.14. The molecule has 0 aromatic heterocycles. The summed E-state index contributed by atoms with van der Waals surface area (Å²) >= 11 is 0. The van der Waals surface area contributed by atoms with E-state index in [0.717, 1.165) is 37.4 Å². The molecule has 0 fully saturated rings. The Hall–Kier alpha value is -1.01. The molecule has 0 saturated carbocycles. The molecule has 0 aliphatic rings. The molecule has 0 saturated heterocycles. The lowest BCUT2D eigenvalue weighted by molar-refractivity contribution is -0.124. The van der Waals surface area contributed by atoms with Crippen molar-refractivity contribution in [3.05, 3.63) is 29.8 Å². The Morgan fingerprint density at radius 3 is 2.40 bits per heavy atom. The molecule has 7 heteroatoms. The average molecular weight is 394 g/mol. The van der Waals surface area contributed by atoms with Crippen LogP contribution in [0.15, 0.2) is 24.3 Å². The maximum atomic E-state index is 11.8. The van der Waals surface area contributed by atoms with Crippen LogP contribution in [0.3, 0.4) is 0 Å². The third-order valence-corrected chi connectivity index (χ3v) is 3.12. The highest BCUT2D eigenvalue weighted by Crippen LogP contribution is 2.17. The minimum absolute atomic E-state index is 0. The van der Waals surface area contributed by atoms with E-state index in [-0.39, 0.29) is 42.9 Å². The molecule has 0 radical (unpaired) electrons. The van der Waals surface area contributed by atoms with Crippen LogP contribution in [0.4, 0.5) is 0 Å². The van der Waals surface area contributed by atoms with Crippen LogP contribution in [0.2, 0.25) is 0 Å². The van der Waals surface area contributed by atoms with E-state index in [1.807, 2.05) is 45.0 Å². The monoisotopic (exact) mass is 393 g/mol. The molecule has 1 amide bonds.